The molecule has 0 aliphatic carbocycles. The number of aromatic hydroxyl groups is 3. The highest BCUT2D eigenvalue weighted by molar-refractivity contribution is 5.52. The topological polar surface area (TPSA) is 84.5 Å². The summed E-state index contributed by atoms with van der Waals surface area (Å²) in [5.74, 6) is -1.38. The Hall–Kier alpha value is -2.15. The van der Waals surface area contributed by atoms with Crippen molar-refractivity contribution in [2.75, 3.05) is 0 Å². The monoisotopic (exact) mass is 191 g/mol. The lowest BCUT2D eigenvalue weighted by Gasteiger charge is -2.04. The van der Waals surface area contributed by atoms with E-state index in [9.17, 15) is 0 Å². The Kier molecular flexibility index (Phi) is 2.63. The zero-order valence-electron chi connectivity index (χ0n) is 7.36. The van der Waals surface area contributed by atoms with Crippen LogP contribution >= 0.6 is 0 Å². The van der Waals surface area contributed by atoms with E-state index in [0.29, 0.717) is 11.1 Å². The van der Waals surface area contributed by atoms with Crippen molar-refractivity contribution in [2.45, 2.75) is 6.42 Å². The minimum absolute atomic E-state index is 0.234. The summed E-state index contributed by atoms with van der Waals surface area (Å²) in [6.07, 6.45) is 0.234. The molecule has 0 bridgehead atoms. The zero-order valence-corrected chi connectivity index (χ0v) is 7.36. The predicted octanol–water partition coefficient (Wildman–Crippen LogP) is 1.43. The van der Waals surface area contributed by atoms with Gasteiger partial charge in [-0.05, 0) is 17.7 Å². The third-order valence-electron chi connectivity index (χ3n) is 1.71. The van der Waals surface area contributed by atoms with Gasteiger partial charge in [-0.2, -0.15) is 5.26 Å². The number of nitrogens with zero attached hydrogens (tertiary/aromatic N) is 1. The van der Waals surface area contributed by atoms with E-state index >= 15 is 0 Å². The smallest absolute Gasteiger partial charge is 0.200 e. The molecule has 4 heteroatoms. The van der Waals surface area contributed by atoms with Gasteiger partial charge in [0.25, 0.3) is 0 Å². The first kappa shape index (κ1) is 9.93. The largest absolute Gasteiger partial charge is 0.504 e. The molecule has 0 heterocycles. The Balaban J connectivity index is 3.02. The molecule has 0 aromatic heterocycles. The van der Waals surface area contributed by atoms with Crippen molar-refractivity contribution in [3.8, 4) is 23.3 Å². The number of rotatable bonds is 2. The molecule has 0 amide bonds. The molecule has 72 valence electrons. The first-order valence-electron chi connectivity index (χ1n) is 3.86. The van der Waals surface area contributed by atoms with Crippen LogP contribution in [0.4, 0.5) is 0 Å². The quantitative estimate of drug-likeness (QED) is 0.487. The SMILES string of the molecule is C=C(C#N)Cc1cc(O)c(O)c(O)c1. The van der Waals surface area contributed by atoms with E-state index in [4.69, 9.17) is 20.6 Å². The first-order chi connectivity index (χ1) is 6.54. The summed E-state index contributed by atoms with van der Waals surface area (Å²) < 4.78 is 0. The molecule has 4 nitrogen and oxygen atoms in total. The van der Waals surface area contributed by atoms with Gasteiger partial charge < -0.3 is 15.3 Å². The van der Waals surface area contributed by atoms with Crippen molar-refractivity contribution in [1.82, 2.24) is 0 Å². The average molecular weight is 191 g/mol. The lowest BCUT2D eigenvalue weighted by Crippen LogP contribution is -1.86. The molecule has 0 aliphatic rings. The Morgan fingerprint density at radius 2 is 1.79 bits per heavy atom. The minimum Gasteiger partial charge on any atom is -0.504 e. The van der Waals surface area contributed by atoms with E-state index in [2.05, 4.69) is 6.58 Å². The molecule has 0 fully saturated rings. The number of phenols is 3. The van der Waals surface area contributed by atoms with E-state index in [1.54, 1.807) is 0 Å². The molecule has 1 aromatic rings. The fraction of sp³-hybridized carbons (Fsp3) is 0.100. The Bertz CT molecular complexity index is 395. The number of hydrogen-bond acceptors (Lipinski definition) is 4. The van der Waals surface area contributed by atoms with Gasteiger partial charge in [-0.15, -0.1) is 0 Å². The van der Waals surface area contributed by atoms with Crippen molar-refractivity contribution >= 4 is 0 Å². The van der Waals surface area contributed by atoms with E-state index < -0.39 is 17.2 Å². The van der Waals surface area contributed by atoms with Gasteiger partial charge in [0, 0.05) is 12.0 Å². The van der Waals surface area contributed by atoms with Crippen molar-refractivity contribution < 1.29 is 15.3 Å². The summed E-state index contributed by atoms with van der Waals surface area (Å²) in [6.45, 7) is 3.46. The van der Waals surface area contributed by atoms with E-state index in [1.165, 1.54) is 12.1 Å². The van der Waals surface area contributed by atoms with E-state index in [-0.39, 0.29) is 6.42 Å². The van der Waals surface area contributed by atoms with Crippen molar-refractivity contribution in [1.29, 1.82) is 5.26 Å². The number of allylic oxidation sites excluding steroid dienone is 1. The molecule has 1 aromatic carbocycles. The molecule has 3 N–H and O–H groups in total. The molecule has 0 spiro atoms. The normalized spacial score (nSPS) is 9.36. The third-order valence-corrected chi connectivity index (χ3v) is 1.71. The summed E-state index contributed by atoms with van der Waals surface area (Å²) in [5.41, 5.74) is 0.832. The first-order valence-corrected chi connectivity index (χ1v) is 3.86. The molecule has 0 saturated carbocycles. The van der Waals surface area contributed by atoms with Gasteiger partial charge >= 0.3 is 0 Å². The minimum atomic E-state index is -0.559. The van der Waals surface area contributed by atoms with Crippen LogP contribution in [0.25, 0.3) is 0 Å². The fourth-order valence-corrected chi connectivity index (χ4v) is 1.05. The summed E-state index contributed by atoms with van der Waals surface area (Å²) in [6, 6.07) is 4.40. The molecule has 0 unspecified atom stereocenters. The van der Waals surface area contributed by atoms with Crippen LogP contribution in [0, 0.1) is 11.3 Å². The second-order valence-electron chi connectivity index (χ2n) is 2.87. The highest BCUT2D eigenvalue weighted by atomic mass is 16.3. The maximum atomic E-state index is 9.14. The van der Waals surface area contributed by atoms with Crippen LogP contribution in [-0.2, 0) is 6.42 Å². The van der Waals surface area contributed by atoms with Gasteiger partial charge in [-0.1, -0.05) is 6.58 Å². The number of nitriles is 1. The van der Waals surface area contributed by atoms with Crippen LogP contribution in [-0.4, -0.2) is 15.3 Å². The van der Waals surface area contributed by atoms with Gasteiger partial charge in [-0.3, -0.25) is 0 Å². The molecule has 1 rings (SSSR count). The number of phenolic OH excluding ortho intramolecular Hbond substituents is 3. The van der Waals surface area contributed by atoms with Crippen LogP contribution in [0.5, 0.6) is 17.2 Å². The van der Waals surface area contributed by atoms with E-state index in [0.717, 1.165) is 0 Å². The van der Waals surface area contributed by atoms with Gasteiger partial charge in [-0.25, -0.2) is 0 Å². The summed E-state index contributed by atoms with van der Waals surface area (Å²) in [7, 11) is 0. The van der Waals surface area contributed by atoms with Crippen LogP contribution in [0.15, 0.2) is 24.3 Å². The second-order valence-corrected chi connectivity index (χ2v) is 2.87. The lowest BCUT2D eigenvalue weighted by atomic mass is 10.1. The molecule has 0 saturated heterocycles. The second kappa shape index (κ2) is 3.71. The van der Waals surface area contributed by atoms with Crippen LogP contribution in [0.2, 0.25) is 0 Å². The number of hydrogen-bond donors (Lipinski definition) is 3. The molecular formula is C10H9NO3. The lowest BCUT2D eigenvalue weighted by molar-refractivity contribution is 0.367. The van der Waals surface area contributed by atoms with Crippen molar-refractivity contribution in [3.05, 3.63) is 29.8 Å². The molecule has 14 heavy (non-hydrogen) atoms. The summed E-state index contributed by atoms with van der Waals surface area (Å²) in [4.78, 5) is 0. The molecule has 0 radical (unpaired) electrons. The van der Waals surface area contributed by atoms with Crippen LogP contribution in [0.1, 0.15) is 5.56 Å². The maximum absolute atomic E-state index is 9.14. The maximum Gasteiger partial charge on any atom is 0.200 e. The standard InChI is InChI=1S/C10H9NO3/c1-6(5-11)2-7-3-8(12)10(14)9(13)4-7/h3-4,12-14H,1-2H2. The predicted molar refractivity (Wildman–Crippen MR) is 49.9 cm³/mol. The van der Waals surface area contributed by atoms with Crippen LogP contribution in [0.3, 0.4) is 0 Å². The molecule has 0 atom stereocenters. The average Bonchev–Trinajstić information content (AvgIpc) is 2.14. The molecular weight excluding hydrogens is 182 g/mol. The van der Waals surface area contributed by atoms with Crippen molar-refractivity contribution in [2.24, 2.45) is 0 Å². The summed E-state index contributed by atoms with van der Waals surface area (Å²) >= 11 is 0. The highest BCUT2D eigenvalue weighted by Gasteiger charge is 2.08. The number of benzene rings is 1. The Morgan fingerprint density at radius 3 is 2.21 bits per heavy atom. The zero-order chi connectivity index (χ0) is 10.7. The molecule has 0 aliphatic heterocycles. The summed E-state index contributed by atoms with van der Waals surface area (Å²) in [5, 5.41) is 35.8. The van der Waals surface area contributed by atoms with E-state index in [1.807, 2.05) is 6.07 Å². The van der Waals surface area contributed by atoms with Gasteiger partial charge in [0.15, 0.2) is 17.2 Å². The Labute approximate surface area is 81.0 Å². The van der Waals surface area contributed by atoms with Crippen LogP contribution < -0.4 is 0 Å². The fourth-order valence-electron chi connectivity index (χ4n) is 1.05. The third kappa shape index (κ3) is 1.96. The van der Waals surface area contributed by atoms with Crippen molar-refractivity contribution in [3.63, 3.8) is 0 Å². The van der Waals surface area contributed by atoms with Gasteiger partial charge in [0.05, 0.1) is 6.07 Å². The Morgan fingerprint density at radius 1 is 1.29 bits per heavy atom. The highest BCUT2D eigenvalue weighted by Crippen LogP contribution is 2.35. The van der Waals surface area contributed by atoms with Gasteiger partial charge in [0.2, 0.25) is 0 Å². The van der Waals surface area contributed by atoms with Gasteiger partial charge in [0.1, 0.15) is 0 Å².